The summed E-state index contributed by atoms with van der Waals surface area (Å²) < 4.78 is 0. The Balaban J connectivity index is -0.0000000467. The van der Waals surface area contributed by atoms with Gasteiger partial charge >= 0.3 is 46.1 Å². The third-order valence-corrected chi connectivity index (χ3v) is 3.40. The third kappa shape index (κ3) is 43.5. The second-order valence-electron chi connectivity index (χ2n) is 5.72. The summed E-state index contributed by atoms with van der Waals surface area (Å²) in [6, 6.07) is 0. The maximum atomic E-state index is 3.73. The molecule has 0 fully saturated rings. The van der Waals surface area contributed by atoms with Crippen molar-refractivity contribution in [3.05, 3.63) is 38.7 Å². The van der Waals surface area contributed by atoms with Crippen molar-refractivity contribution in [3.8, 4) is 0 Å². The first-order valence-electron chi connectivity index (χ1n) is 9.42. The summed E-state index contributed by atoms with van der Waals surface area (Å²) in [5.74, 6) is 0. The van der Waals surface area contributed by atoms with E-state index in [-0.39, 0.29) is 56.4 Å². The molecule has 0 amide bonds. The van der Waals surface area contributed by atoms with E-state index in [1.807, 2.05) is 0 Å². The van der Waals surface area contributed by atoms with E-state index in [9.17, 15) is 0 Å². The van der Waals surface area contributed by atoms with Gasteiger partial charge in [-0.15, -0.1) is 6.08 Å². The average molecular weight is 359 g/mol. The van der Waals surface area contributed by atoms with Crippen LogP contribution >= 0.6 is 0 Å². The first-order valence-corrected chi connectivity index (χ1v) is 9.42. The van der Waals surface area contributed by atoms with Crippen LogP contribution in [0.2, 0.25) is 0 Å². The number of hydrogen-bond acceptors (Lipinski definition) is 0. The molecule has 0 saturated carbocycles. The second-order valence-corrected chi connectivity index (χ2v) is 5.72. The Bertz CT molecular complexity index is 220. The van der Waals surface area contributed by atoms with E-state index in [0.29, 0.717) is 0 Å². The molecular formula is C22H46Mg2. The molecule has 0 aromatic heterocycles. The van der Waals surface area contributed by atoms with Gasteiger partial charge in [0.15, 0.2) is 0 Å². The van der Waals surface area contributed by atoms with Crippen LogP contribution in [0, 0.1) is 14.4 Å². The Morgan fingerprint density at radius 1 is 0.583 bits per heavy atom. The predicted molar refractivity (Wildman–Crippen MR) is 121 cm³/mol. The molecule has 24 heavy (non-hydrogen) atoms. The molecule has 0 nitrogen and oxygen atoms in total. The molecule has 0 spiro atoms. The molecule has 0 aromatic rings. The first kappa shape index (κ1) is 36.0. The molecule has 0 aliphatic carbocycles. The predicted octanol–water partition coefficient (Wildman–Crippen LogP) is 7.96. The molecule has 0 rings (SSSR count). The van der Waals surface area contributed by atoms with Crippen molar-refractivity contribution in [2.24, 2.45) is 0 Å². The van der Waals surface area contributed by atoms with Gasteiger partial charge in [-0.05, 0) is 32.1 Å². The van der Waals surface area contributed by atoms with Crippen molar-refractivity contribution in [2.75, 3.05) is 0 Å². The molecule has 0 saturated heterocycles. The molecule has 0 bridgehead atoms. The van der Waals surface area contributed by atoms with Crippen molar-refractivity contribution in [1.82, 2.24) is 0 Å². The molecule has 0 aromatic carbocycles. The van der Waals surface area contributed by atoms with Crippen molar-refractivity contribution in [1.29, 1.82) is 0 Å². The second kappa shape index (κ2) is 39.2. The summed E-state index contributed by atoms with van der Waals surface area (Å²) in [6.45, 7) is 10.5. The average Bonchev–Trinajstić information content (AvgIpc) is 2.51. The van der Waals surface area contributed by atoms with Crippen LogP contribution in [0.1, 0.15) is 107 Å². The fraction of sp³-hybridized carbons (Fsp3) is 0.727. The van der Waals surface area contributed by atoms with E-state index in [4.69, 9.17) is 0 Å². The largest absolute Gasteiger partial charge is 2.00 e. The van der Waals surface area contributed by atoms with E-state index in [1.165, 1.54) is 77.0 Å². The quantitative estimate of drug-likeness (QED) is 0.135. The van der Waals surface area contributed by atoms with Gasteiger partial charge in [0.05, 0.1) is 0 Å². The monoisotopic (exact) mass is 358 g/mol. The van der Waals surface area contributed by atoms with Crippen LogP contribution in [0.3, 0.4) is 0 Å². The first-order chi connectivity index (χ1) is 10.3. The van der Waals surface area contributed by atoms with Gasteiger partial charge in [-0.1, -0.05) is 83.9 Å². The topological polar surface area (TPSA) is 0 Å². The Labute approximate surface area is 191 Å². The fourth-order valence-corrected chi connectivity index (χ4v) is 2.02. The number of unbranched alkanes of at least 4 members (excludes halogenated alkanes) is 9. The van der Waals surface area contributed by atoms with Crippen molar-refractivity contribution in [2.45, 2.75) is 104 Å². The zero-order valence-corrected chi connectivity index (χ0v) is 20.5. The van der Waals surface area contributed by atoms with Gasteiger partial charge in [-0.25, -0.2) is 0 Å². The van der Waals surface area contributed by atoms with Crippen LogP contribution in [0.15, 0.2) is 24.3 Å². The van der Waals surface area contributed by atoms with Crippen LogP contribution in [0.4, 0.5) is 0 Å². The summed E-state index contributed by atoms with van der Waals surface area (Å²) >= 11 is 0. The minimum Gasteiger partial charge on any atom is -1.00 e. The maximum Gasteiger partial charge on any atom is 2.00 e. The van der Waals surface area contributed by atoms with Gasteiger partial charge in [-0.2, -0.15) is 6.42 Å². The molecule has 0 heterocycles. The Morgan fingerprint density at radius 2 is 1.00 bits per heavy atom. The number of allylic oxidation sites excluding steroid dienone is 4. The van der Waals surface area contributed by atoms with Crippen LogP contribution < -0.4 is 0 Å². The van der Waals surface area contributed by atoms with Crippen molar-refractivity contribution < 1.29 is 2.85 Å². The standard InChI is InChI=1S/C11H22.C10H19.CH3.2Mg.2H/c1-3-5-7-9-11-10-8-6-4-2;1-3-5-7-9-10-8-6-4-2;;;;;/h7,9H,3-6,8,10-11H2,1-2H3;5,7H,1,3-4,6,8-10H2,2H3;1H3;;;;/q;2*-1;2*+2;2*-1/b9-7-;7-5-;;;;;. The minimum atomic E-state index is 0. The van der Waals surface area contributed by atoms with Gasteiger partial charge in [-0.3, -0.25) is 0 Å². The minimum absolute atomic E-state index is 0. The molecule has 0 N–H and O–H groups in total. The molecule has 0 atom stereocenters. The van der Waals surface area contributed by atoms with E-state index in [0.717, 1.165) is 6.42 Å². The summed E-state index contributed by atoms with van der Waals surface area (Å²) in [4.78, 5) is 0. The Hall–Kier alpha value is 1.01. The van der Waals surface area contributed by atoms with Crippen LogP contribution in [-0.4, -0.2) is 46.1 Å². The van der Waals surface area contributed by atoms with Gasteiger partial charge in [0.25, 0.3) is 0 Å². The van der Waals surface area contributed by atoms with E-state index >= 15 is 0 Å². The van der Waals surface area contributed by atoms with Crippen LogP contribution in [0.5, 0.6) is 0 Å². The maximum absolute atomic E-state index is 3.73. The SMILES string of the molecule is CCC/C=C\CCCCCC.[CH2-]C/C=C\CCCCCC.[CH3-].[H-].[H-].[Mg+2].[Mg+2]. The van der Waals surface area contributed by atoms with Gasteiger partial charge in [0.1, 0.15) is 0 Å². The van der Waals surface area contributed by atoms with Crippen molar-refractivity contribution >= 4 is 46.1 Å². The summed E-state index contributed by atoms with van der Waals surface area (Å²) in [7, 11) is 0. The zero-order chi connectivity index (χ0) is 16.0. The molecule has 138 valence electrons. The number of rotatable bonds is 13. The summed E-state index contributed by atoms with van der Waals surface area (Å²) in [5, 5.41) is 0. The molecular weight excluding hydrogens is 313 g/mol. The van der Waals surface area contributed by atoms with Crippen LogP contribution in [-0.2, 0) is 0 Å². The fourth-order valence-electron chi connectivity index (χ4n) is 2.02. The number of hydrogen-bond donors (Lipinski definition) is 0. The van der Waals surface area contributed by atoms with Gasteiger partial charge in [0, 0.05) is 0 Å². The Morgan fingerprint density at radius 3 is 1.38 bits per heavy atom. The third-order valence-electron chi connectivity index (χ3n) is 3.40. The zero-order valence-electron chi connectivity index (χ0n) is 19.6. The normalized spacial score (nSPS) is 9.67. The van der Waals surface area contributed by atoms with Crippen molar-refractivity contribution in [3.63, 3.8) is 0 Å². The Kier molecular flexibility index (Phi) is 58.8. The van der Waals surface area contributed by atoms with E-state index < -0.39 is 0 Å². The molecule has 0 unspecified atom stereocenters. The molecule has 2 heteroatoms. The smallest absolute Gasteiger partial charge is 1.00 e. The van der Waals surface area contributed by atoms with Gasteiger partial charge < -0.3 is 17.2 Å². The van der Waals surface area contributed by atoms with E-state index in [2.05, 4.69) is 52.0 Å². The molecule has 0 aliphatic rings. The van der Waals surface area contributed by atoms with E-state index in [1.54, 1.807) is 0 Å². The molecule has 0 radical (unpaired) electrons. The summed E-state index contributed by atoms with van der Waals surface area (Å²) in [6.07, 6.45) is 26.0. The van der Waals surface area contributed by atoms with Gasteiger partial charge in [0.2, 0.25) is 0 Å². The summed E-state index contributed by atoms with van der Waals surface area (Å²) in [5.41, 5.74) is 0. The molecule has 0 aliphatic heterocycles. The van der Waals surface area contributed by atoms with Crippen LogP contribution in [0.25, 0.3) is 0 Å².